The van der Waals surface area contributed by atoms with Gasteiger partial charge in [-0.15, -0.1) is 0 Å². The molecule has 0 fully saturated rings. The van der Waals surface area contributed by atoms with Crippen molar-refractivity contribution < 1.29 is 8.42 Å². The summed E-state index contributed by atoms with van der Waals surface area (Å²) in [5, 5.41) is 4.03. The van der Waals surface area contributed by atoms with Crippen molar-refractivity contribution in [3.8, 4) is 0 Å². The minimum absolute atomic E-state index is 0.0625. The number of hydrogen-bond donors (Lipinski definition) is 1. The minimum Gasteiger partial charge on any atom is -0.330 e. The lowest BCUT2D eigenvalue weighted by atomic mass is 10.4. The highest BCUT2D eigenvalue weighted by Crippen LogP contribution is 2.06. The predicted molar refractivity (Wildman–Crippen MR) is 59.1 cm³/mol. The molecule has 0 amide bonds. The maximum Gasteiger partial charge on any atom is 0.154 e. The third-order valence-electron chi connectivity index (χ3n) is 2.06. The van der Waals surface area contributed by atoms with E-state index in [0.29, 0.717) is 13.0 Å². The Balaban J connectivity index is 2.60. The average Bonchev–Trinajstić information content (AvgIpc) is 2.62. The molecular formula is C9H17N3O2S. The normalized spacial score (nSPS) is 11.9. The zero-order valence-corrected chi connectivity index (χ0v) is 9.70. The Morgan fingerprint density at radius 2 is 2.27 bits per heavy atom. The minimum atomic E-state index is -3.03. The molecule has 15 heavy (non-hydrogen) atoms. The Hall–Kier alpha value is -0.880. The van der Waals surface area contributed by atoms with Crippen LogP contribution in [0.2, 0.25) is 0 Å². The Kier molecular flexibility index (Phi) is 4.28. The van der Waals surface area contributed by atoms with Gasteiger partial charge in [0.1, 0.15) is 0 Å². The molecule has 0 atom stereocenters. The summed E-state index contributed by atoms with van der Waals surface area (Å²) in [6.07, 6.45) is 3.88. The fourth-order valence-electron chi connectivity index (χ4n) is 1.28. The smallest absolute Gasteiger partial charge is 0.154 e. The molecule has 0 aliphatic carbocycles. The van der Waals surface area contributed by atoms with Crippen molar-refractivity contribution in [1.29, 1.82) is 0 Å². The van der Waals surface area contributed by atoms with Crippen molar-refractivity contribution in [2.45, 2.75) is 25.6 Å². The first-order valence-corrected chi connectivity index (χ1v) is 6.81. The van der Waals surface area contributed by atoms with E-state index in [4.69, 9.17) is 5.73 Å². The van der Waals surface area contributed by atoms with E-state index in [1.165, 1.54) is 0 Å². The van der Waals surface area contributed by atoms with Crippen LogP contribution < -0.4 is 5.73 Å². The van der Waals surface area contributed by atoms with Gasteiger partial charge in [0.2, 0.25) is 0 Å². The lowest BCUT2D eigenvalue weighted by Crippen LogP contribution is -2.12. The summed E-state index contributed by atoms with van der Waals surface area (Å²) in [6, 6.07) is 0. The van der Waals surface area contributed by atoms with Gasteiger partial charge in [0.25, 0.3) is 0 Å². The first kappa shape index (κ1) is 12.2. The van der Waals surface area contributed by atoms with Crippen LogP contribution in [0.15, 0.2) is 12.4 Å². The van der Waals surface area contributed by atoms with Crippen molar-refractivity contribution in [2.24, 2.45) is 5.73 Å². The summed E-state index contributed by atoms with van der Waals surface area (Å²) >= 11 is 0. The second-order valence-electron chi connectivity index (χ2n) is 3.44. The Labute approximate surface area is 90.2 Å². The summed E-state index contributed by atoms with van der Waals surface area (Å²) in [7, 11) is -3.03. The second-order valence-corrected chi connectivity index (χ2v) is 5.62. The van der Waals surface area contributed by atoms with Gasteiger partial charge in [0.05, 0.1) is 17.7 Å². The Morgan fingerprint density at radius 1 is 1.53 bits per heavy atom. The van der Waals surface area contributed by atoms with E-state index in [2.05, 4.69) is 5.10 Å². The molecule has 1 aromatic rings. The molecule has 0 bridgehead atoms. The van der Waals surface area contributed by atoms with Gasteiger partial charge in [-0.25, -0.2) is 8.42 Å². The quantitative estimate of drug-likeness (QED) is 0.757. The molecular weight excluding hydrogens is 214 g/mol. The van der Waals surface area contributed by atoms with E-state index in [-0.39, 0.29) is 11.5 Å². The van der Waals surface area contributed by atoms with Crippen LogP contribution in [0.25, 0.3) is 0 Å². The van der Waals surface area contributed by atoms with Crippen molar-refractivity contribution in [2.75, 3.05) is 12.3 Å². The third-order valence-corrected chi connectivity index (χ3v) is 3.74. The topological polar surface area (TPSA) is 78.0 Å². The molecule has 1 aromatic heterocycles. The molecule has 0 aliphatic heterocycles. The fraction of sp³-hybridized carbons (Fsp3) is 0.667. The van der Waals surface area contributed by atoms with Crippen molar-refractivity contribution in [3.63, 3.8) is 0 Å². The number of aryl methyl sites for hydroxylation is 1. The Bertz CT molecular complexity index is 397. The first-order chi connectivity index (χ1) is 7.07. The molecule has 1 heterocycles. The van der Waals surface area contributed by atoms with Crippen molar-refractivity contribution in [3.05, 3.63) is 18.0 Å². The van der Waals surface area contributed by atoms with E-state index >= 15 is 0 Å². The number of aromatic nitrogens is 2. The van der Waals surface area contributed by atoms with Gasteiger partial charge in [-0.05, 0) is 19.9 Å². The van der Waals surface area contributed by atoms with Gasteiger partial charge in [-0.2, -0.15) is 5.10 Å². The maximum atomic E-state index is 11.6. The van der Waals surface area contributed by atoms with Crippen LogP contribution in [0.5, 0.6) is 0 Å². The number of hydrogen-bond acceptors (Lipinski definition) is 4. The average molecular weight is 231 g/mol. The number of sulfone groups is 1. The van der Waals surface area contributed by atoms with Crippen LogP contribution in [0.1, 0.15) is 18.9 Å². The maximum absolute atomic E-state index is 11.6. The predicted octanol–water partition coefficient (Wildman–Crippen LogP) is 0.167. The molecule has 0 unspecified atom stereocenters. The SMILES string of the molecule is CCn1cc(CS(=O)(=O)CCCN)cn1. The number of nitrogens with two attached hydrogens (primary N) is 1. The highest BCUT2D eigenvalue weighted by atomic mass is 32.2. The van der Waals surface area contributed by atoms with Gasteiger partial charge < -0.3 is 5.73 Å². The molecule has 0 spiro atoms. The van der Waals surface area contributed by atoms with Gasteiger partial charge >= 0.3 is 0 Å². The molecule has 6 heteroatoms. The van der Waals surface area contributed by atoms with Crippen LogP contribution in [-0.2, 0) is 22.1 Å². The summed E-state index contributed by atoms with van der Waals surface area (Å²) in [4.78, 5) is 0. The third kappa shape index (κ3) is 4.01. The lowest BCUT2D eigenvalue weighted by Gasteiger charge is -2.00. The fourth-order valence-corrected chi connectivity index (χ4v) is 2.69. The highest BCUT2D eigenvalue weighted by Gasteiger charge is 2.12. The molecule has 2 N–H and O–H groups in total. The van der Waals surface area contributed by atoms with Crippen molar-refractivity contribution >= 4 is 9.84 Å². The zero-order valence-electron chi connectivity index (χ0n) is 8.89. The zero-order chi connectivity index (χ0) is 11.3. The molecule has 0 aliphatic rings. The van der Waals surface area contributed by atoms with Gasteiger partial charge in [0, 0.05) is 18.3 Å². The summed E-state index contributed by atoms with van der Waals surface area (Å²) in [5.74, 6) is 0.216. The van der Waals surface area contributed by atoms with E-state index in [1.54, 1.807) is 17.1 Å². The number of rotatable bonds is 6. The van der Waals surface area contributed by atoms with E-state index in [1.807, 2.05) is 6.92 Å². The van der Waals surface area contributed by atoms with Crippen LogP contribution in [-0.4, -0.2) is 30.5 Å². The summed E-state index contributed by atoms with van der Waals surface area (Å²) < 4.78 is 24.8. The van der Waals surface area contributed by atoms with Gasteiger partial charge in [0.15, 0.2) is 9.84 Å². The van der Waals surface area contributed by atoms with E-state index < -0.39 is 9.84 Å². The highest BCUT2D eigenvalue weighted by molar-refractivity contribution is 7.90. The van der Waals surface area contributed by atoms with Gasteiger partial charge in [-0.1, -0.05) is 0 Å². The standard InChI is InChI=1S/C9H17N3O2S/c1-2-12-7-9(6-11-12)8-15(13,14)5-3-4-10/h6-7H,2-5,8,10H2,1H3. The number of nitrogens with zero attached hydrogens (tertiary/aromatic N) is 2. The van der Waals surface area contributed by atoms with Crippen LogP contribution in [0.4, 0.5) is 0 Å². The Morgan fingerprint density at radius 3 is 2.80 bits per heavy atom. The molecule has 0 radical (unpaired) electrons. The first-order valence-electron chi connectivity index (χ1n) is 4.99. The van der Waals surface area contributed by atoms with Crippen LogP contribution >= 0.6 is 0 Å². The van der Waals surface area contributed by atoms with Crippen LogP contribution in [0.3, 0.4) is 0 Å². The summed E-state index contributed by atoms with van der Waals surface area (Å²) in [5.41, 5.74) is 6.02. The largest absolute Gasteiger partial charge is 0.330 e. The summed E-state index contributed by atoms with van der Waals surface area (Å²) in [6.45, 7) is 3.12. The van der Waals surface area contributed by atoms with E-state index in [0.717, 1.165) is 12.1 Å². The lowest BCUT2D eigenvalue weighted by molar-refractivity contribution is 0.592. The molecule has 0 saturated heterocycles. The molecule has 0 saturated carbocycles. The van der Waals surface area contributed by atoms with Crippen LogP contribution in [0, 0.1) is 0 Å². The monoisotopic (exact) mass is 231 g/mol. The molecule has 5 nitrogen and oxygen atoms in total. The second kappa shape index (κ2) is 5.27. The molecule has 0 aromatic carbocycles. The molecule has 1 rings (SSSR count). The van der Waals surface area contributed by atoms with Gasteiger partial charge in [-0.3, -0.25) is 4.68 Å². The van der Waals surface area contributed by atoms with E-state index in [9.17, 15) is 8.42 Å². The van der Waals surface area contributed by atoms with Crippen molar-refractivity contribution in [1.82, 2.24) is 9.78 Å². The molecule has 86 valence electrons.